The van der Waals surface area contributed by atoms with Crippen molar-refractivity contribution in [1.29, 1.82) is 0 Å². The second kappa shape index (κ2) is 7.83. The van der Waals surface area contributed by atoms with Crippen LogP contribution in [0.25, 0.3) is 11.4 Å². The number of benzene rings is 2. The summed E-state index contributed by atoms with van der Waals surface area (Å²) < 4.78 is 24.1. The summed E-state index contributed by atoms with van der Waals surface area (Å²) in [7, 11) is 2.51. The molecule has 0 spiro atoms. The predicted molar refractivity (Wildman–Crippen MR) is 97.6 cm³/mol. The SMILES string of the molecule is COC(=O)c1nc(-c2ccc(F)cc2)n(C)c(=O)c1OC(=O)c1ccccc1. The second-order valence-electron chi connectivity index (χ2n) is 5.73. The van der Waals surface area contributed by atoms with Crippen LogP contribution in [0.1, 0.15) is 20.8 Å². The second-order valence-corrected chi connectivity index (χ2v) is 5.73. The van der Waals surface area contributed by atoms with Gasteiger partial charge < -0.3 is 9.47 Å². The summed E-state index contributed by atoms with van der Waals surface area (Å²) in [6.07, 6.45) is 0. The third kappa shape index (κ3) is 3.66. The molecule has 0 N–H and O–H groups in total. The van der Waals surface area contributed by atoms with Crippen LogP contribution in [0.4, 0.5) is 4.39 Å². The Morgan fingerprint density at radius 2 is 1.64 bits per heavy atom. The lowest BCUT2D eigenvalue weighted by Gasteiger charge is -2.13. The van der Waals surface area contributed by atoms with Crippen LogP contribution >= 0.6 is 0 Å². The van der Waals surface area contributed by atoms with E-state index < -0.39 is 34.8 Å². The van der Waals surface area contributed by atoms with Crippen molar-refractivity contribution in [3.05, 3.63) is 82.0 Å². The topological polar surface area (TPSA) is 87.5 Å². The molecule has 0 aliphatic carbocycles. The van der Waals surface area contributed by atoms with Gasteiger partial charge in [0, 0.05) is 12.6 Å². The number of nitrogens with zero attached hydrogens (tertiary/aromatic N) is 2. The van der Waals surface area contributed by atoms with Crippen molar-refractivity contribution in [3.8, 4) is 17.1 Å². The quantitative estimate of drug-likeness (QED) is 0.645. The minimum atomic E-state index is -0.947. The smallest absolute Gasteiger partial charge is 0.360 e. The lowest BCUT2D eigenvalue weighted by molar-refractivity contribution is 0.0584. The number of aromatic nitrogens is 2. The van der Waals surface area contributed by atoms with Crippen LogP contribution in [-0.2, 0) is 11.8 Å². The molecule has 0 saturated carbocycles. The minimum absolute atomic E-state index is 0.0879. The molecule has 3 rings (SSSR count). The van der Waals surface area contributed by atoms with Gasteiger partial charge in [0.2, 0.25) is 5.75 Å². The van der Waals surface area contributed by atoms with Crippen LogP contribution < -0.4 is 10.3 Å². The fraction of sp³-hybridized carbons (Fsp3) is 0.100. The van der Waals surface area contributed by atoms with Crippen LogP contribution in [0.3, 0.4) is 0 Å². The first kappa shape index (κ1) is 19.0. The van der Waals surface area contributed by atoms with Crippen molar-refractivity contribution in [1.82, 2.24) is 9.55 Å². The van der Waals surface area contributed by atoms with Crippen molar-refractivity contribution in [2.75, 3.05) is 7.11 Å². The number of esters is 2. The average molecular weight is 382 g/mol. The normalized spacial score (nSPS) is 10.4. The Hall–Kier alpha value is -3.81. The van der Waals surface area contributed by atoms with Gasteiger partial charge >= 0.3 is 11.9 Å². The average Bonchev–Trinajstić information content (AvgIpc) is 2.72. The monoisotopic (exact) mass is 382 g/mol. The van der Waals surface area contributed by atoms with Crippen LogP contribution in [0.2, 0.25) is 0 Å². The largest absolute Gasteiger partial charge is 0.464 e. The Labute approximate surface area is 159 Å². The fourth-order valence-electron chi connectivity index (χ4n) is 2.49. The Kier molecular flexibility index (Phi) is 5.30. The van der Waals surface area contributed by atoms with Gasteiger partial charge in [-0.2, -0.15) is 0 Å². The van der Waals surface area contributed by atoms with Gasteiger partial charge in [0.25, 0.3) is 5.56 Å². The van der Waals surface area contributed by atoms with E-state index in [1.54, 1.807) is 18.2 Å². The molecule has 1 aromatic heterocycles. The molecule has 0 amide bonds. The minimum Gasteiger partial charge on any atom is -0.464 e. The van der Waals surface area contributed by atoms with Gasteiger partial charge in [0.05, 0.1) is 12.7 Å². The zero-order valence-electron chi connectivity index (χ0n) is 15.0. The van der Waals surface area contributed by atoms with Crippen LogP contribution in [0.5, 0.6) is 5.75 Å². The van der Waals surface area contributed by atoms with Gasteiger partial charge in [0.1, 0.15) is 11.6 Å². The molecule has 2 aromatic carbocycles. The molecule has 0 bridgehead atoms. The maximum absolute atomic E-state index is 13.2. The third-order valence-corrected chi connectivity index (χ3v) is 3.93. The van der Waals surface area contributed by atoms with Crippen molar-refractivity contribution in [2.24, 2.45) is 7.05 Å². The van der Waals surface area contributed by atoms with Gasteiger partial charge in [-0.3, -0.25) is 9.36 Å². The van der Waals surface area contributed by atoms with Crippen LogP contribution in [0.15, 0.2) is 59.4 Å². The van der Waals surface area contributed by atoms with E-state index in [0.29, 0.717) is 5.56 Å². The molecule has 8 heteroatoms. The number of methoxy groups -OCH3 is 1. The Morgan fingerprint density at radius 1 is 1.00 bits per heavy atom. The van der Waals surface area contributed by atoms with Gasteiger partial charge in [-0.1, -0.05) is 18.2 Å². The highest BCUT2D eigenvalue weighted by Gasteiger charge is 2.25. The van der Waals surface area contributed by atoms with Crippen molar-refractivity contribution < 1.29 is 23.5 Å². The van der Waals surface area contributed by atoms with Crippen molar-refractivity contribution >= 4 is 11.9 Å². The van der Waals surface area contributed by atoms with Crippen molar-refractivity contribution in [2.45, 2.75) is 0 Å². The first-order valence-electron chi connectivity index (χ1n) is 8.15. The van der Waals surface area contributed by atoms with Gasteiger partial charge in [0.15, 0.2) is 5.69 Å². The molecule has 0 aliphatic rings. The Balaban J connectivity index is 2.13. The molecule has 0 aliphatic heterocycles. The number of carbonyl (C=O) groups excluding carboxylic acids is 2. The molecule has 0 radical (unpaired) electrons. The molecule has 0 unspecified atom stereocenters. The van der Waals surface area contributed by atoms with Crippen LogP contribution in [0, 0.1) is 5.82 Å². The number of hydrogen-bond donors (Lipinski definition) is 0. The predicted octanol–water partition coefficient (Wildman–Crippen LogP) is 2.59. The summed E-state index contributed by atoms with van der Waals surface area (Å²) in [6.45, 7) is 0. The summed E-state index contributed by atoms with van der Waals surface area (Å²) in [4.78, 5) is 41.5. The standard InChI is InChI=1S/C20H15FN2O5/c1-23-17(12-8-10-14(21)11-9-12)22-15(20(26)27-2)16(18(23)24)28-19(25)13-6-4-3-5-7-13/h3-11H,1-2H3. The fourth-order valence-corrected chi connectivity index (χ4v) is 2.49. The van der Waals surface area contributed by atoms with Gasteiger partial charge in [-0.05, 0) is 36.4 Å². The van der Waals surface area contributed by atoms with Gasteiger partial charge in [-0.25, -0.2) is 19.0 Å². The summed E-state index contributed by atoms with van der Waals surface area (Å²) in [5.41, 5.74) is -0.622. The maximum Gasteiger partial charge on any atom is 0.360 e. The van der Waals surface area contributed by atoms with E-state index in [-0.39, 0.29) is 11.4 Å². The lowest BCUT2D eigenvalue weighted by Crippen LogP contribution is -2.28. The molecule has 0 atom stereocenters. The summed E-state index contributed by atoms with van der Waals surface area (Å²) in [6, 6.07) is 13.2. The molecule has 3 aromatic rings. The van der Waals surface area contributed by atoms with Gasteiger partial charge in [-0.15, -0.1) is 0 Å². The number of halogens is 1. The summed E-state index contributed by atoms with van der Waals surface area (Å²) in [5, 5.41) is 0. The molecule has 0 fully saturated rings. The first-order valence-corrected chi connectivity index (χ1v) is 8.15. The van der Waals surface area contributed by atoms with Crippen LogP contribution in [-0.4, -0.2) is 28.6 Å². The third-order valence-electron chi connectivity index (χ3n) is 3.93. The summed E-state index contributed by atoms with van der Waals surface area (Å²) in [5.74, 6) is -2.69. The lowest BCUT2D eigenvalue weighted by atomic mass is 10.2. The Morgan fingerprint density at radius 3 is 2.25 bits per heavy atom. The van der Waals surface area contributed by atoms with Crippen molar-refractivity contribution in [3.63, 3.8) is 0 Å². The molecule has 7 nitrogen and oxygen atoms in total. The molecule has 142 valence electrons. The molecular weight excluding hydrogens is 367 g/mol. The number of rotatable bonds is 4. The first-order chi connectivity index (χ1) is 13.4. The molecule has 28 heavy (non-hydrogen) atoms. The maximum atomic E-state index is 13.2. The van der Waals surface area contributed by atoms with E-state index >= 15 is 0 Å². The van der Waals surface area contributed by atoms with E-state index in [2.05, 4.69) is 9.72 Å². The van der Waals surface area contributed by atoms with E-state index in [9.17, 15) is 18.8 Å². The van der Waals surface area contributed by atoms with E-state index in [1.807, 2.05) is 0 Å². The van der Waals surface area contributed by atoms with E-state index in [1.165, 1.54) is 43.4 Å². The highest BCUT2D eigenvalue weighted by atomic mass is 19.1. The number of hydrogen-bond acceptors (Lipinski definition) is 6. The highest BCUT2D eigenvalue weighted by Crippen LogP contribution is 2.21. The zero-order chi connectivity index (χ0) is 20.3. The Bertz CT molecular complexity index is 1090. The molecular formula is C20H15FN2O5. The molecule has 0 saturated heterocycles. The number of carbonyl (C=O) groups is 2. The molecule has 1 heterocycles. The van der Waals surface area contributed by atoms with E-state index in [4.69, 9.17) is 4.74 Å². The summed E-state index contributed by atoms with van der Waals surface area (Å²) >= 11 is 0. The van der Waals surface area contributed by atoms with E-state index in [0.717, 1.165) is 11.7 Å². The highest BCUT2D eigenvalue weighted by molar-refractivity contribution is 5.95. The zero-order valence-corrected chi connectivity index (χ0v) is 15.0. The number of ether oxygens (including phenoxy) is 2.